The number of nitrogens with two attached hydrogens (primary N) is 2. The minimum atomic E-state index is -5.04. The Morgan fingerprint density at radius 1 is 0.643 bits per heavy atom. The normalized spacial score (nSPS) is 17.1. The van der Waals surface area contributed by atoms with Crippen LogP contribution in [-0.2, 0) is 11.2 Å². The molecule has 10 heteroatoms. The van der Waals surface area contributed by atoms with E-state index in [0.29, 0.717) is 13.8 Å². The first-order chi connectivity index (χ1) is 12.5. The van der Waals surface area contributed by atoms with Gasteiger partial charge in [0.15, 0.2) is 11.2 Å². The average Bonchev–Trinajstić information content (AvgIpc) is 2.53. The van der Waals surface area contributed by atoms with E-state index in [1.807, 2.05) is 0 Å². The van der Waals surface area contributed by atoms with E-state index < -0.39 is 34.7 Å². The molecule has 2 aromatic rings. The molecule has 0 fully saturated rings. The second kappa shape index (κ2) is 6.56. The minimum absolute atomic E-state index is 0.0490. The first-order valence-electron chi connectivity index (χ1n) is 7.88. The number of hydrogen-bond acceptors (Lipinski definition) is 4. The molecule has 2 atom stereocenters. The van der Waals surface area contributed by atoms with Crippen LogP contribution < -0.4 is 11.5 Å². The van der Waals surface area contributed by atoms with E-state index in [0.717, 1.165) is 24.3 Å². The van der Waals surface area contributed by atoms with Crippen LogP contribution >= 0.6 is 0 Å². The van der Waals surface area contributed by atoms with Crippen molar-refractivity contribution in [3.8, 4) is 11.1 Å². The lowest BCUT2D eigenvalue weighted by Gasteiger charge is -2.29. The largest absolute Gasteiger partial charge is 0.421 e. The van der Waals surface area contributed by atoms with E-state index in [9.17, 15) is 36.6 Å². The molecule has 0 saturated carbocycles. The Balaban J connectivity index is 2.65. The molecule has 2 unspecified atom stereocenters. The topological polar surface area (TPSA) is 92.5 Å². The molecule has 6 N–H and O–H groups in total. The second-order valence-corrected chi connectivity index (χ2v) is 6.74. The third kappa shape index (κ3) is 3.61. The summed E-state index contributed by atoms with van der Waals surface area (Å²) in [5.41, 5.74) is 2.67. The van der Waals surface area contributed by atoms with Crippen LogP contribution in [0.3, 0.4) is 0 Å². The van der Waals surface area contributed by atoms with Gasteiger partial charge in [0, 0.05) is 22.5 Å². The van der Waals surface area contributed by atoms with Crippen molar-refractivity contribution in [3.05, 3.63) is 47.5 Å². The molecule has 0 bridgehead atoms. The number of aliphatic hydroxyl groups is 2. The molecule has 2 aromatic carbocycles. The maximum atomic E-state index is 13.2. The Labute approximate surface area is 156 Å². The fourth-order valence-electron chi connectivity index (χ4n) is 2.62. The fourth-order valence-corrected chi connectivity index (χ4v) is 2.62. The van der Waals surface area contributed by atoms with Gasteiger partial charge in [0.1, 0.15) is 0 Å². The van der Waals surface area contributed by atoms with Crippen LogP contribution in [0.2, 0.25) is 0 Å². The van der Waals surface area contributed by atoms with Crippen molar-refractivity contribution in [1.29, 1.82) is 0 Å². The van der Waals surface area contributed by atoms with Gasteiger partial charge in [-0.15, -0.1) is 0 Å². The van der Waals surface area contributed by atoms with E-state index in [-0.39, 0.29) is 22.5 Å². The van der Waals surface area contributed by atoms with Gasteiger partial charge in [-0.1, -0.05) is 12.1 Å². The van der Waals surface area contributed by atoms with Gasteiger partial charge in [-0.2, -0.15) is 26.3 Å². The minimum Gasteiger partial charge on any atom is -0.398 e. The van der Waals surface area contributed by atoms with Crippen molar-refractivity contribution >= 4 is 11.4 Å². The van der Waals surface area contributed by atoms with Gasteiger partial charge in [0.2, 0.25) is 0 Å². The molecule has 0 aliphatic heterocycles. The summed E-state index contributed by atoms with van der Waals surface area (Å²) in [5, 5.41) is 19.8. The van der Waals surface area contributed by atoms with Gasteiger partial charge in [-0.3, -0.25) is 0 Å². The highest BCUT2D eigenvalue weighted by atomic mass is 19.4. The Bertz CT molecular complexity index is 815. The van der Waals surface area contributed by atoms with Crippen LogP contribution in [0.4, 0.5) is 37.7 Å². The summed E-state index contributed by atoms with van der Waals surface area (Å²) in [6.07, 6.45) is -10.1. The number of alkyl halides is 6. The molecule has 0 aliphatic carbocycles. The van der Waals surface area contributed by atoms with Gasteiger partial charge in [0.05, 0.1) is 0 Å². The van der Waals surface area contributed by atoms with Crippen LogP contribution in [0.5, 0.6) is 0 Å². The number of nitrogen functional groups attached to an aromatic ring is 2. The van der Waals surface area contributed by atoms with Crippen molar-refractivity contribution in [3.63, 3.8) is 0 Å². The number of halogens is 6. The predicted molar refractivity (Wildman–Crippen MR) is 92.0 cm³/mol. The molecular weight excluding hydrogens is 390 g/mol. The van der Waals surface area contributed by atoms with E-state index in [4.69, 9.17) is 11.5 Å². The van der Waals surface area contributed by atoms with E-state index in [1.54, 1.807) is 0 Å². The average molecular weight is 408 g/mol. The summed E-state index contributed by atoms with van der Waals surface area (Å²) in [6, 6.07) is 6.62. The number of benzene rings is 2. The van der Waals surface area contributed by atoms with Crippen molar-refractivity contribution in [1.82, 2.24) is 0 Å². The van der Waals surface area contributed by atoms with Gasteiger partial charge in [-0.05, 0) is 49.2 Å². The number of anilines is 2. The van der Waals surface area contributed by atoms with Crippen LogP contribution in [0.1, 0.15) is 25.0 Å². The molecule has 0 spiro atoms. The fraction of sp³-hybridized carbons (Fsp3) is 0.333. The van der Waals surface area contributed by atoms with Crippen molar-refractivity contribution in [2.45, 2.75) is 37.4 Å². The first-order valence-corrected chi connectivity index (χ1v) is 7.88. The van der Waals surface area contributed by atoms with Crippen LogP contribution in [-0.4, -0.2) is 22.6 Å². The van der Waals surface area contributed by atoms with Gasteiger partial charge >= 0.3 is 12.4 Å². The van der Waals surface area contributed by atoms with Gasteiger partial charge < -0.3 is 21.7 Å². The van der Waals surface area contributed by atoms with Crippen molar-refractivity contribution in [2.75, 3.05) is 11.5 Å². The highest BCUT2D eigenvalue weighted by Crippen LogP contribution is 2.44. The Morgan fingerprint density at radius 2 is 0.929 bits per heavy atom. The zero-order chi connectivity index (χ0) is 21.7. The second-order valence-electron chi connectivity index (χ2n) is 6.74. The van der Waals surface area contributed by atoms with Gasteiger partial charge in [-0.25, -0.2) is 0 Å². The lowest BCUT2D eigenvalue weighted by molar-refractivity contribution is -0.258. The summed E-state index contributed by atoms with van der Waals surface area (Å²) in [5.74, 6) is 0. The molecule has 0 heterocycles. The van der Waals surface area contributed by atoms with Gasteiger partial charge in [0.25, 0.3) is 0 Å². The Kier molecular flexibility index (Phi) is 5.11. The zero-order valence-corrected chi connectivity index (χ0v) is 14.8. The van der Waals surface area contributed by atoms with Crippen molar-refractivity contribution < 1.29 is 36.6 Å². The molecule has 0 amide bonds. The molecule has 0 radical (unpaired) electrons. The van der Waals surface area contributed by atoms with E-state index in [2.05, 4.69) is 0 Å². The molecule has 2 rings (SSSR count). The zero-order valence-electron chi connectivity index (χ0n) is 14.8. The lowest BCUT2D eigenvalue weighted by atomic mass is 9.88. The molecular formula is C18H18F6N2O2. The summed E-state index contributed by atoms with van der Waals surface area (Å²) >= 11 is 0. The summed E-state index contributed by atoms with van der Waals surface area (Å²) in [4.78, 5) is 0. The van der Waals surface area contributed by atoms with Crippen molar-refractivity contribution in [2.24, 2.45) is 0 Å². The van der Waals surface area contributed by atoms with Crippen LogP contribution in [0.15, 0.2) is 36.4 Å². The summed E-state index contributed by atoms with van der Waals surface area (Å²) < 4.78 is 78.9. The third-order valence-corrected chi connectivity index (χ3v) is 4.59. The quantitative estimate of drug-likeness (QED) is 0.455. The SMILES string of the molecule is CC(O)(c1cc(-c2ccc(N)c(C(C)(O)C(F)(F)F)c2)ccc1N)C(F)(F)F. The Hall–Kier alpha value is -2.46. The maximum Gasteiger partial charge on any atom is 0.421 e. The lowest BCUT2D eigenvalue weighted by Crippen LogP contribution is -2.40. The number of hydrogen-bond donors (Lipinski definition) is 4. The third-order valence-electron chi connectivity index (χ3n) is 4.59. The molecule has 4 nitrogen and oxygen atoms in total. The summed E-state index contributed by atoms with van der Waals surface area (Å²) in [7, 11) is 0. The number of rotatable bonds is 3. The van der Waals surface area contributed by atoms with Crippen LogP contribution in [0.25, 0.3) is 11.1 Å². The summed E-state index contributed by atoms with van der Waals surface area (Å²) in [6.45, 7) is 1.04. The smallest absolute Gasteiger partial charge is 0.398 e. The highest BCUT2D eigenvalue weighted by molar-refractivity contribution is 5.72. The predicted octanol–water partition coefficient (Wildman–Crippen LogP) is 4.06. The first kappa shape index (κ1) is 21.8. The monoisotopic (exact) mass is 408 g/mol. The van der Waals surface area contributed by atoms with E-state index >= 15 is 0 Å². The molecule has 28 heavy (non-hydrogen) atoms. The Morgan fingerprint density at radius 3 is 1.18 bits per heavy atom. The van der Waals surface area contributed by atoms with E-state index in [1.165, 1.54) is 12.1 Å². The molecule has 0 aromatic heterocycles. The molecule has 0 saturated heterocycles. The standard InChI is InChI=1S/C18H18F6N2O2/c1-15(27,17(19,20)21)11-7-9(3-5-13(11)25)10-4-6-14(26)12(8-10)16(2,28)18(22,23)24/h3-8,27-28H,25-26H2,1-2H3. The maximum absolute atomic E-state index is 13.2. The molecule has 154 valence electrons. The van der Waals surface area contributed by atoms with Crippen LogP contribution in [0, 0.1) is 0 Å². The molecule has 0 aliphatic rings. The highest BCUT2D eigenvalue weighted by Gasteiger charge is 2.53.